The number of hydrogen-bond donors (Lipinski definition) is 3. The normalized spacial score (nSPS) is 19.6. The van der Waals surface area contributed by atoms with Crippen molar-refractivity contribution in [1.29, 1.82) is 0 Å². The van der Waals surface area contributed by atoms with Gasteiger partial charge in [0.1, 0.15) is 6.04 Å². The third-order valence-corrected chi connectivity index (χ3v) is 3.71. The van der Waals surface area contributed by atoms with E-state index in [-0.39, 0.29) is 6.42 Å². The van der Waals surface area contributed by atoms with Crippen molar-refractivity contribution >= 4 is 5.91 Å². The number of rotatable bonds is 6. The van der Waals surface area contributed by atoms with E-state index in [4.69, 9.17) is 5.21 Å². The summed E-state index contributed by atoms with van der Waals surface area (Å²) in [7, 11) is 1.16. The Hall–Kier alpha value is -0.750. The van der Waals surface area contributed by atoms with Crippen molar-refractivity contribution in [3.05, 3.63) is 0 Å². The summed E-state index contributed by atoms with van der Waals surface area (Å²) >= 11 is 0. The predicted molar refractivity (Wildman–Crippen MR) is 63.5 cm³/mol. The zero-order chi connectivity index (χ0) is 13.6. The zero-order valence-electron chi connectivity index (χ0n) is 10.7. The van der Waals surface area contributed by atoms with Gasteiger partial charge in [-0.1, -0.05) is 32.1 Å². The van der Waals surface area contributed by atoms with Gasteiger partial charge in [-0.15, -0.1) is 0 Å². The minimum absolute atomic E-state index is 0.0988. The largest absolute Gasteiger partial charge is 0.354 e. The van der Waals surface area contributed by atoms with Gasteiger partial charge in [-0.25, -0.2) is 0 Å². The zero-order valence-corrected chi connectivity index (χ0v) is 10.7. The third kappa shape index (κ3) is 3.88. The Morgan fingerprint density at radius 2 is 2.00 bits per heavy atom. The van der Waals surface area contributed by atoms with Crippen LogP contribution in [0.2, 0.25) is 0 Å². The first-order chi connectivity index (χ1) is 8.52. The predicted octanol–water partition coefficient (Wildman–Crippen LogP) is 2.08. The van der Waals surface area contributed by atoms with Gasteiger partial charge in [-0.2, -0.15) is 14.3 Å². The lowest BCUT2D eigenvalue weighted by Crippen LogP contribution is -2.53. The maximum Gasteiger partial charge on any atom is 0.341 e. The first kappa shape index (κ1) is 15.3. The molecule has 1 aliphatic carbocycles. The Morgan fingerprint density at radius 3 is 2.50 bits per heavy atom. The molecule has 4 nitrogen and oxygen atoms in total. The van der Waals surface area contributed by atoms with Gasteiger partial charge >= 0.3 is 5.92 Å². The lowest BCUT2D eigenvalue weighted by molar-refractivity contribution is -0.155. The monoisotopic (exact) mass is 264 g/mol. The van der Waals surface area contributed by atoms with Gasteiger partial charge in [0.15, 0.2) is 0 Å². The lowest BCUT2D eigenvalue weighted by Gasteiger charge is -2.27. The molecule has 0 spiro atoms. The van der Waals surface area contributed by atoms with Crippen LogP contribution in [0.25, 0.3) is 0 Å². The Bertz CT molecular complexity index is 269. The number of alkyl halides is 2. The van der Waals surface area contributed by atoms with Crippen molar-refractivity contribution in [2.24, 2.45) is 5.92 Å². The van der Waals surface area contributed by atoms with Gasteiger partial charge in [0.25, 0.3) is 5.91 Å². The van der Waals surface area contributed by atoms with Crippen LogP contribution in [0.3, 0.4) is 0 Å². The molecule has 0 aromatic carbocycles. The van der Waals surface area contributed by atoms with Crippen LogP contribution in [0.4, 0.5) is 8.78 Å². The highest BCUT2D eigenvalue weighted by Crippen LogP contribution is 2.30. The molecule has 1 atom stereocenters. The van der Waals surface area contributed by atoms with E-state index >= 15 is 0 Å². The highest BCUT2D eigenvalue weighted by Gasteiger charge is 2.46. The van der Waals surface area contributed by atoms with Crippen LogP contribution >= 0.6 is 0 Å². The summed E-state index contributed by atoms with van der Waals surface area (Å²) in [5.74, 6) is -4.51. The minimum Gasteiger partial charge on any atom is -0.354 e. The van der Waals surface area contributed by atoms with E-state index in [1.54, 1.807) is 5.48 Å². The van der Waals surface area contributed by atoms with Crippen LogP contribution < -0.4 is 10.8 Å². The summed E-state index contributed by atoms with van der Waals surface area (Å²) in [6, 6.07) is -1.51. The number of hydrogen-bond acceptors (Lipinski definition) is 3. The molecule has 0 bridgehead atoms. The van der Waals surface area contributed by atoms with Crippen LogP contribution in [0, 0.1) is 5.92 Å². The van der Waals surface area contributed by atoms with Gasteiger partial charge in [-0.05, 0) is 18.8 Å². The maximum atomic E-state index is 13.6. The summed E-state index contributed by atoms with van der Waals surface area (Å²) in [5.41, 5.74) is 1.59. The summed E-state index contributed by atoms with van der Waals surface area (Å²) in [4.78, 5) is 11.1. The van der Waals surface area contributed by atoms with Crippen molar-refractivity contribution in [3.63, 3.8) is 0 Å². The third-order valence-electron chi connectivity index (χ3n) is 3.71. The van der Waals surface area contributed by atoms with Crippen LogP contribution in [0.1, 0.15) is 44.9 Å². The van der Waals surface area contributed by atoms with E-state index in [9.17, 15) is 13.6 Å². The van der Waals surface area contributed by atoms with Crippen molar-refractivity contribution < 1.29 is 18.8 Å². The van der Waals surface area contributed by atoms with E-state index in [0.717, 1.165) is 32.7 Å². The van der Waals surface area contributed by atoms with E-state index in [0.29, 0.717) is 12.3 Å². The fourth-order valence-corrected chi connectivity index (χ4v) is 2.53. The van der Waals surface area contributed by atoms with Gasteiger partial charge in [-0.3, -0.25) is 4.79 Å². The number of nitrogens with one attached hydrogen (secondary N) is 2. The second-order valence-corrected chi connectivity index (χ2v) is 4.97. The van der Waals surface area contributed by atoms with Gasteiger partial charge in [0.2, 0.25) is 0 Å². The van der Waals surface area contributed by atoms with E-state index in [1.165, 1.54) is 6.42 Å². The van der Waals surface area contributed by atoms with Crippen LogP contribution in [0.5, 0.6) is 0 Å². The molecule has 6 heteroatoms. The molecule has 3 N–H and O–H groups in total. The molecular weight excluding hydrogens is 242 g/mol. The highest BCUT2D eigenvalue weighted by molar-refractivity contribution is 5.83. The van der Waals surface area contributed by atoms with Crippen molar-refractivity contribution in [2.75, 3.05) is 7.05 Å². The molecule has 1 aliphatic rings. The topological polar surface area (TPSA) is 61.4 Å². The Labute approximate surface area is 106 Å². The fourth-order valence-electron chi connectivity index (χ4n) is 2.53. The smallest absolute Gasteiger partial charge is 0.341 e. The molecule has 1 rings (SSSR count). The molecule has 0 radical (unpaired) electrons. The fraction of sp³-hybridized carbons (Fsp3) is 0.917. The first-order valence-corrected chi connectivity index (χ1v) is 6.52. The van der Waals surface area contributed by atoms with E-state index in [1.807, 2.05) is 5.32 Å². The quantitative estimate of drug-likeness (QED) is 0.644. The summed E-state index contributed by atoms with van der Waals surface area (Å²) in [6.07, 6.45) is 6.34. The molecule has 1 fully saturated rings. The average Bonchev–Trinajstić information content (AvgIpc) is 2.39. The minimum atomic E-state index is -3.59. The number of amides is 1. The second kappa shape index (κ2) is 6.99. The summed E-state index contributed by atoms with van der Waals surface area (Å²) in [6.45, 7) is 0. The molecule has 0 saturated heterocycles. The lowest BCUT2D eigenvalue weighted by atomic mass is 9.84. The van der Waals surface area contributed by atoms with Crippen molar-refractivity contribution in [2.45, 2.75) is 56.9 Å². The van der Waals surface area contributed by atoms with Crippen molar-refractivity contribution in [3.8, 4) is 0 Å². The van der Waals surface area contributed by atoms with E-state index < -0.39 is 17.9 Å². The molecule has 0 aliphatic heterocycles. The molecule has 0 unspecified atom stereocenters. The summed E-state index contributed by atoms with van der Waals surface area (Å²) < 4.78 is 27.2. The molecular formula is C12H22F2N2O2. The SMILES string of the molecule is CNC(=O)C(F)(F)[C@H](CCC1CCCCC1)NO. The number of hydroxylamine groups is 1. The highest BCUT2D eigenvalue weighted by atomic mass is 19.3. The molecule has 18 heavy (non-hydrogen) atoms. The van der Waals surface area contributed by atoms with Gasteiger partial charge in [0.05, 0.1) is 0 Å². The first-order valence-electron chi connectivity index (χ1n) is 6.52. The standard InChI is InChI=1S/C12H22F2N2O2/c1-15-11(17)12(13,14)10(16-18)8-7-9-5-3-2-4-6-9/h9-10,16,18H,2-8H2,1H3,(H,15,17)/t10-/m0/s1. The number of carbonyl (C=O) groups is 1. The van der Waals surface area contributed by atoms with Crippen LogP contribution in [0.15, 0.2) is 0 Å². The maximum absolute atomic E-state index is 13.6. The van der Waals surface area contributed by atoms with Crippen LogP contribution in [-0.4, -0.2) is 30.1 Å². The number of halogens is 2. The van der Waals surface area contributed by atoms with Crippen molar-refractivity contribution in [1.82, 2.24) is 10.8 Å². The average molecular weight is 264 g/mol. The molecule has 0 heterocycles. The van der Waals surface area contributed by atoms with Crippen LogP contribution in [-0.2, 0) is 4.79 Å². The number of carbonyl (C=O) groups excluding carboxylic acids is 1. The molecule has 1 saturated carbocycles. The Balaban J connectivity index is 2.47. The molecule has 0 aromatic rings. The van der Waals surface area contributed by atoms with Gasteiger partial charge < -0.3 is 10.5 Å². The molecule has 106 valence electrons. The molecule has 0 aromatic heterocycles. The Morgan fingerprint density at radius 1 is 1.39 bits per heavy atom. The van der Waals surface area contributed by atoms with Gasteiger partial charge in [0, 0.05) is 7.05 Å². The second-order valence-electron chi connectivity index (χ2n) is 4.97. The molecule has 1 amide bonds. The van der Waals surface area contributed by atoms with E-state index in [2.05, 4.69) is 0 Å². The Kier molecular flexibility index (Phi) is 5.95. The summed E-state index contributed by atoms with van der Waals surface area (Å²) in [5, 5.41) is 10.7.